The molecule has 0 saturated heterocycles. The molecular formula is C13H27NO. The number of aliphatic hydroxyl groups excluding tert-OH is 1. The SMILES string of the molecule is CCC(C)N(C)CC1CCCCCC1O. The first-order valence-electron chi connectivity index (χ1n) is 6.53. The fraction of sp³-hybridized carbons (Fsp3) is 1.00. The first-order valence-corrected chi connectivity index (χ1v) is 6.53. The van der Waals surface area contributed by atoms with E-state index in [0.717, 1.165) is 13.0 Å². The molecule has 0 radical (unpaired) electrons. The van der Waals surface area contributed by atoms with Crippen LogP contribution in [-0.4, -0.2) is 35.7 Å². The zero-order chi connectivity index (χ0) is 11.3. The average Bonchev–Trinajstić information content (AvgIpc) is 2.43. The van der Waals surface area contributed by atoms with Crippen molar-refractivity contribution in [2.45, 2.75) is 64.5 Å². The Kier molecular flexibility index (Phi) is 5.62. The maximum absolute atomic E-state index is 10.0. The van der Waals surface area contributed by atoms with Gasteiger partial charge in [-0.3, -0.25) is 0 Å². The molecule has 3 atom stereocenters. The van der Waals surface area contributed by atoms with Gasteiger partial charge in [0, 0.05) is 12.6 Å². The number of aliphatic hydroxyl groups is 1. The van der Waals surface area contributed by atoms with Crippen LogP contribution >= 0.6 is 0 Å². The Bertz CT molecular complexity index is 172. The Balaban J connectivity index is 2.40. The summed E-state index contributed by atoms with van der Waals surface area (Å²) in [4.78, 5) is 2.40. The van der Waals surface area contributed by atoms with Crippen LogP contribution in [0.3, 0.4) is 0 Å². The molecule has 1 aliphatic carbocycles. The van der Waals surface area contributed by atoms with Crippen LogP contribution in [0.2, 0.25) is 0 Å². The van der Waals surface area contributed by atoms with Crippen LogP contribution in [0.4, 0.5) is 0 Å². The van der Waals surface area contributed by atoms with Crippen LogP contribution in [0, 0.1) is 5.92 Å². The Labute approximate surface area is 94.7 Å². The molecule has 1 N–H and O–H groups in total. The molecule has 0 spiro atoms. The minimum atomic E-state index is -0.0565. The molecule has 0 aromatic carbocycles. The summed E-state index contributed by atoms with van der Waals surface area (Å²) < 4.78 is 0. The summed E-state index contributed by atoms with van der Waals surface area (Å²) in [5.41, 5.74) is 0. The van der Waals surface area contributed by atoms with E-state index < -0.39 is 0 Å². The third kappa shape index (κ3) is 4.12. The highest BCUT2D eigenvalue weighted by Crippen LogP contribution is 2.24. The molecule has 15 heavy (non-hydrogen) atoms. The topological polar surface area (TPSA) is 23.5 Å². The van der Waals surface area contributed by atoms with Crippen LogP contribution < -0.4 is 0 Å². The molecule has 3 unspecified atom stereocenters. The van der Waals surface area contributed by atoms with E-state index >= 15 is 0 Å². The summed E-state index contributed by atoms with van der Waals surface area (Å²) in [5.74, 6) is 0.506. The smallest absolute Gasteiger partial charge is 0.0580 e. The number of rotatable bonds is 4. The van der Waals surface area contributed by atoms with Gasteiger partial charge >= 0.3 is 0 Å². The van der Waals surface area contributed by atoms with E-state index in [4.69, 9.17) is 0 Å². The second-order valence-electron chi connectivity index (χ2n) is 5.16. The Morgan fingerprint density at radius 3 is 2.60 bits per heavy atom. The zero-order valence-corrected chi connectivity index (χ0v) is 10.6. The predicted molar refractivity (Wildman–Crippen MR) is 65.0 cm³/mol. The van der Waals surface area contributed by atoms with Crippen molar-refractivity contribution in [3.8, 4) is 0 Å². The van der Waals surface area contributed by atoms with Crippen molar-refractivity contribution in [2.24, 2.45) is 5.92 Å². The predicted octanol–water partition coefficient (Wildman–Crippen LogP) is 2.66. The average molecular weight is 213 g/mol. The van der Waals surface area contributed by atoms with Gasteiger partial charge in [0.25, 0.3) is 0 Å². The highest BCUT2D eigenvalue weighted by atomic mass is 16.3. The first kappa shape index (κ1) is 13.0. The van der Waals surface area contributed by atoms with E-state index in [-0.39, 0.29) is 6.10 Å². The van der Waals surface area contributed by atoms with Crippen molar-refractivity contribution in [1.29, 1.82) is 0 Å². The van der Waals surface area contributed by atoms with E-state index in [1.54, 1.807) is 0 Å². The van der Waals surface area contributed by atoms with Crippen molar-refractivity contribution in [3.05, 3.63) is 0 Å². The van der Waals surface area contributed by atoms with Gasteiger partial charge in [0.1, 0.15) is 0 Å². The summed E-state index contributed by atoms with van der Waals surface area (Å²) in [5, 5.41) is 10.0. The molecular weight excluding hydrogens is 186 g/mol. The van der Waals surface area contributed by atoms with Gasteiger partial charge in [-0.1, -0.05) is 26.2 Å². The zero-order valence-electron chi connectivity index (χ0n) is 10.6. The van der Waals surface area contributed by atoms with Crippen LogP contribution in [0.15, 0.2) is 0 Å². The summed E-state index contributed by atoms with van der Waals surface area (Å²) in [6.07, 6.45) is 7.18. The monoisotopic (exact) mass is 213 g/mol. The van der Waals surface area contributed by atoms with E-state index in [1.165, 1.54) is 32.1 Å². The van der Waals surface area contributed by atoms with Crippen LogP contribution in [0.5, 0.6) is 0 Å². The second-order valence-corrected chi connectivity index (χ2v) is 5.16. The number of nitrogens with zero attached hydrogens (tertiary/aromatic N) is 1. The van der Waals surface area contributed by atoms with Gasteiger partial charge in [0.05, 0.1) is 6.10 Å². The van der Waals surface area contributed by atoms with Gasteiger partial charge in [-0.15, -0.1) is 0 Å². The molecule has 0 aromatic heterocycles. The number of hydrogen-bond donors (Lipinski definition) is 1. The van der Waals surface area contributed by atoms with Gasteiger partial charge in [-0.05, 0) is 39.2 Å². The molecule has 1 saturated carbocycles. The van der Waals surface area contributed by atoms with Crippen LogP contribution in [-0.2, 0) is 0 Å². The summed E-state index contributed by atoms with van der Waals surface area (Å²) in [7, 11) is 2.19. The molecule has 2 heteroatoms. The standard InChI is InChI=1S/C13H27NO/c1-4-11(2)14(3)10-12-8-6-5-7-9-13(12)15/h11-13,15H,4-10H2,1-3H3. The summed E-state index contributed by atoms with van der Waals surface area (Å²) >= 11 is 0. The number of hydrogen-bond acceptors (Lipinski definition) is 2. The van der Waals surface area contributed by atoms with Crippen molar-refractivity contribution in [2.75, 3.05) is 13.6 Å². The Hall–Kier alpha value is -0.0800. The third-order valence-electron chi connectivity index (χ3n) is 3.98. The highest BCUT2D eigenvalue weighted by Gasteiger charge is 2.23. The largest absolute Gasteiger partial charge is 0.393 e. The summed E-state index contributed by atoms with van der Waals surface area (Å²) in [6, 6.07) is 0.639. The highest BCUT2D eigenvalue weighted by molar-refractivity contribution is 4.76. The Morgan fingerprint density at radius 2 is 1.93 bits per heavy atom. The third-order valence-corrected chi connectivity index (χ3v) is 3.98. The lowest BCUT2D eigenvalue weighted by Crippen LogP contribution is -2.37. The summed E-state index contributed by atoms with van der Waals surface area (Å²) in [6.45, 7) is 5.56. The van der Waals surface area contributed by atoms with E-state index in [2.05, 4.69) is 25.8 Å². The quantitative estimate of drug-likeness (QED) is 0.726. The van der Waals surface area contributed by atoms with Crippen molar-refractivity contribution in [1.82, 2.24) is 4.90 Å². The second kappa shape index (κ2) is 6.49. The lowest BCUT2D eigenvalue weighted by Gasteiger charge is -2.30. The van der Waals surface area contributed by atoms with Crippen molar-refractivity contribution < 1.29 is 5.11 Å². The molecule has 1 aliphatic rings. The molecule has 0 aromatic rings. The maximum atomic E-state index is 10.0. The lowest BCUT2D eigenvalue weighted by molar-refractivity contribution is 0.0707. The molecule has 0 heterocycles. The van der Waals surface area contributed by atoms with Crippen molar-refractivity contribution in [3.63, 3.8) is 0 Å². The molecule has 0 bridgehead atoms. The van der Waals surface area contributed by atoms with Gasteiger partial charge in [0.2, 0.25) is 0 Å². The van der Waals surface area contributed by atoms with Gasteiger partial charge in [-0.25, -0.2) is 0 Å². The minimum Gasteiger partial charge on any atom is -0.393 e. The molecule has 1 fully saturated rings. The van der Waals surface area contributed by atoms with E-state index in [9.17, 15) is 5.11 Å². The van der Waals surface area contributed by atoms with Gasteiger partial charge in [0.15, 0.2) is 0 Å². The minimum absolute atomic E-state index is 0.0565. The first-order chi connectivity index (χ1) is 7.15. The van der Waals surface area contributed by atoms with Gasteiger partial charge < -0.3 is 10.0 Å². The van der Waals surface area contributed by atoms with Gasteiger partial charge in [-0.2, -0.15) is 0 Å². The Morgan fingerprint density at radius 1 is 1.27 bits per heavy atom. The molecule has 90 valence electrons. The normalized spacial score (nSPS) is 30.2. The fourth-order valence-corrected chi connectivity index (χ4v) is 2.44. The molecule has 0 amide bonds. The molecule has 1 rings (SSSR count). The molecule has 0 aliphatic heterocycles. The lowest BCUT2D eigenvalue weighted by atomic mass is 9.96. The van der Waals surface area contributed by atoms with Crippen LogP contribution in [0.1, 0.15) is 52.4 Å². The van der Waals surface area contributed by atoms with E-state index in [1.807, 2.05) is 0 Å². The van der Waals surface area contributed by atoms with Crippen molar-refractivity contribution >= 4 is 0 Å². The van der Waals surface area contributed by atoms with Crippen LogP contribution in [0.25, 0.3) is 0 Å². The fourth-order valence-electron chi connectivity index (χ4n) is 2.44. The van der Waals surface area contributed by atoms with E-state index in [0.29, 0.717) is 12.0 Å². The maximum Gasteiger partial charge on any atom is 0.0580 e. The molecule has 2 nitrogen and oxygen atoms in total.